The van der Waals surface area contributed by atoms with Crippen LogP contribution in [0.1, 0.15) is 18.1 Å². The minimum atomic E-state index is -1.20. The normalized spacial score (nSPS) is 14.2. The van der Waals surface area contributed by atoms with Gasteiger partial charge >= 0.3 is 5.97 Å². The average molecular weight is 341 g/mol. The maximum absolute atomic E-state index is 12.9. The zero-order valence-electron chi connectivity index (χ0n) is 14.7. The van der Waals surface area contributed by atoms with Gasteiger partial charge in [-0.05, 0) is 18.1 Å². The third kappa shape index (κ3) is 4.45. The second-order valence-electron chi connectivity index (χ2n) is 5.84. The van der Waals surface area contributed by atoms with Gasteiger partial charge in [-0.25, -0.2) is 4.79 Å². The molecule has 0 spiro atoms. The van der Waals surface area contributed by atoms with E-state index in [0.29, 0.717) is 12.0 Å². The molecule has 1 N–H and O–H groups in total. The monoisotopic (exact) mass is 341 g/mol. The highest BCUT2D eigenvalue weighted by atomic mass is 16.5. The summed E-state index contributed by atoms with van der Waals surface area (Å²) in [5.74, 6) is -0.892. The van der Waals surface area contributed by atoms with E-state index in [4.69, 9.17) is 9.47 Å². The number of hydrogen-bond donors (Lipinski definition) is 1. The quantitative estimate of drug-likeness (QED) is 0.786. The van der Waals surface area contributed by atoms with E-state index in [1.165, 1.54) is 14.2 Å². The fraction of sp³-hybridized carbons (Fsp3) is 0.300. The first kappa shape index (κ1) is 18.7. The Kier molecular flexibility index (Phi) is 6.31. The lowest BCUT2D eigenvalue weighted by molar-refractivity contribution is -0.150. The average Bonchev–Trinajstić information content (AvgIpc) is 2.67. The Labute approximate surface area is 148 Å². The highest BCUT2D eigenvalue weighted by molar-refractivity contribution is 5.90. The summed E-state index contributed by atoms with van der Waals surface area (Å²) in [5.41, 5.74) is 0.430. The van der Waals surface area contributed by atoms with Crippen molar-refractivity contribution in [3.8, 4) is 0 Å². The van der Waals surface area contributed by atoms with Crippen molar-refractivity contribution >= 4 is 11.9 Å². The molecule has 2 atom stereocenters. The molecule has 5 nitrogen and oxygen atoms in total. The Morgan fingerprint density at radius 3 is 2.08 bits per heavy atom. The largest absolute Gasteiger partial charge is 0.467 e. The van der Waals surface area contributed by atoms with Gasteiger partial charge in [-0.1, -0.05) is 60.7 Å². The summed E-state index contributed by atoms with van der Waals surface area (Å²) in [4.78, 5) is 25.0. The topological polar surface area (TPSA) is 64.6 Å². The fourth-order valence-corrected chi connectivity index (χ4v) is 2.58. The van der Waals surface area contributed by atoms with Crippen LogP contribution in [-0.4, -0.2) is 32.1 Å². The summed E-state index contributed by atoms with van der Waals surface area (Å²) in [6, 6.07) is 17.8. The van der Waals surface area contributed by atoms with E-state index in [0.717, 1.165) is 5.56 Å². The predicted octanol–water partition coefficient (Wildman–Crippen LogP) is 2.45. The van der Waals surface area contributed by atoms with Crippen LogP contribution in [0.25, 0.3) is 0 Å². The Hall–Kier alpha value is -2.66. The number of methoxy groups -OCH3 is 2. The van der Waals surface area contributed by atoms with Crippen LogP contribution < -0.4 is 5.32 Å². The number of ether oxygens (including phenoxy) is 2. The highest BCUT2D eigenvalue weighted by Crippen LogP contribution is 2.25. The number of benzene rings is 2. The van der Waals surface area contributed by atoms with E-state index in [-0.39, 0.29) is 0 Å². The molecule has 0 bridgehead atoms. The van der Waals surface area contributed by atoms with E-state index < -0.39 is 23.5 Å². The van der Waals surface area contributed by atoms with Gasteiger partial charge < -0.3 is 14.8 Å². The Bertz CT molecular complexity index is 702. The smallest absolute Gasteiger partial charge is 0.328 e. The molecule has 25 heavy (non-hydrogen) atoms. The first-order chi connectivity index (χ1) is 12.0. The van der Waals surface area contributed by atoms with Crippen LogP contribution in [0, 0.1) is 0 Å². The van der Waals surface area contributed by atoms with Gasteiger partial charge in [0.05, 0.1) is 7.11 Å². The van der Waals surface area contributed by atoms with Crippen LogP contribution in [0.15, 0.2) is 60.7 Å². The van der Waals surface area contributed by atoms with Gasteiger partial charge in [-0.2, -0.15) is 0 Å². The van der Waals surface area contributed by atoms with Crippen LogP contribution in [0.5, 0.6) is 0 Å². The molecule has 2 aromatic rings. The van der Waals surface area contributed by atoms with Crippen molar-refractivity contribution in [1.82, 2.24) is 5.32 Å². The van der Waals surface area contributed by atoms with Gasteiger partial charge in [0, 0.05) is 13.5 Å². The molecule has 0 heterocycles. The summed E-state index contributed by atoms with van der Waals surface area (Å²) in [6.07, 6.45) is 0.341. The Morgan fingerprint density at radius 1 is 1.00 bits per heavy atom. The molecular formula is C20H23NO4. The lowest BCUT2D eigenvalue weighted by Gasteiger charge is -2.29. The molecule has 0 radical (unpaired) electrons. The minimum Gasteiger partial charge on any atom is -0.467 e. The summed E-state index contributed by atoms with van der Waals surface area (Å²) < 4.78 is 10.3. The first-order valence-corrected chi connectivity index (χ1v) is 8.04. The van der Waals surface area contributed by atoms with Crippen LogP contribution >= 0.6 is 0 Å². The maximum Gasteiger partial charge on any atom is 0.328 e. The second-order valence-corrected chi connectivity index (χ2v) is 5.84. The van der Waals surface area contributed by atoms with Gasteiger partial charge in [-0.15, -0.1) is 0 Å². The molecule has 2 aromatic carbocycles. The molecule has 0 saturated heterocycles. The van der Waals surface area contributed by atoms with E-state index >= 15 is 0 Å². The minimum absolute atomic E-state index is 0.341. The van der Waals surface area contributed by atoms with Gasteiger partial charge in [-0.3, -0.25) is 4.79 Å². The van der Waals surface area contributed by atoms with Gasteiger partial charge in [0.25, 0.3) is 5.91 Å². The van der Waals surface area contributed by atoms with Gasteiger partial charge in [0.15, 0.2) is 5.60 Å². The maximum atomic E-state index is 12.9. The van der Waals surface area contributed by atoms with Crippen molar-refractivity contribution in [2.75, 3.05) is 14.2 Å². The van der Waals surface area contributed by atoms with Crippen molar-refractivity contribution < 1.29 is 19.1 Å². The number of rotatable bonds is 7. The van der Waals surface area contributed by atoms with Crippen LogP contribution in [-0.2, 0) is 31.1 Å². The molecule has 1 unspecified atom stereocenters. The summed E-state index contributed by atoms with van der Waals surface area (Å²) in [6.45, 7) is 1.68. The van der Waals surface area contributed by atoms with Crippen molar-refractivity contribution in [3.63, 3.8) is 0 Å². The second kappa shape index (κ2) is 8.44. The lowest BCUT2D eigenvalue weighted by atomic mass is 9.94. The van der Waals surface area contributed by atoms with E-state index in [9.17, 15) is 9.59 Å². The zero-order chi connectivity index (χ0) is 18.3. The lowest BCUT2D eigenvalue weighted by Crippen LogP contribution is -2.51. The molecule has 0 aromatic heterocycles. The molecule has 132 valence electrons. The fourth-order valence-electron chi connectivity index (χ4n) is 2.58. The standard InChI is InChI=1S/C20H23NO4/c1-20(25-3,16-12-8-5-9-13-16)19(23)21-17(18(22)24-2)14-15-10-6-4-7-11-15/h4-13,17H,14H2,1-3H3,(H,21,23)/t17?,20-/m0/s1. The first-order valence-electron chi connectivity index (χ1n) is 8.04. The van der Waals surface area contributed by atoms with Crippen molar-refractivity contribution in [1.29, 1.82) is 0 Å². The summed E-state index contributed by atoms with van der Waals surface area (Å²) in [5, 5.41) is 2.77. The summed E-state index contributed by atoms with van der Waals surface area (Å²) >= 11 is 0. The van der Waals surface area contributed by atoms with Crippen LogP contribution in [0.2, 0.25) is 0 Å². The molecule has 0 aliphatic carbocycles. The van der Waals surface area contributed by atoms with Crippen molar-refractivity contribution in [3.05, 3.63) is 71.8 Å². The van der Waals surface area contributed by atoms with Crippen molar-refractivity contribution in [2.24, 2.45) is 0 Å². The van der Waals surface area contributed by atoms with Gasteiger partial charge in [0.1, 0.15) is 6.04 Å². The van der Waals surface area contributed by atoms with E-state index in [2.05, 4.69) is 5.32 Å². The number of carbonyl (C=O) groups excluding carboxylic acids is 2. The molecule has 2 rings (SSSR count). The molecule has 5 heteroatoms. The molecule has 0 saturated carbocycles. The van der Waals surface area contributed by atoms with Crippen molar-refractivity contribution in [2.45, 2.75) is 25.0 Å². The third-order valence-corrected chi connectivity index (χ3v) is 4.24. The number of esters is 1. The predicted molar refractivity (Wildman–Crippen MR) is 94.9 cm³/mol. The number of nitrogens with one attached hydrogen (secondary N) is 1. The van der Waals surface area contributed by atoms with Crippen LogP contribution in [0.3, 0.4) is 0 Å². The summed E-state index contributed by atoms with van der Waals surface area (Å²) in [7, 11) is 2.77. The highest BCUT2D eigenvalue weighted by Gasteiger charge is 2.37. The van der Waals surface area contributed by atoms with Gasteiger partial charge in [0.2, 0.25) is 0 Å². The molecule has 0 aliphatic rings. The van der Waals surface area contributed by atoms with E-state index in [1.54, 1.807) is 6.92 Å². The Morgan fingerprint density at radius 2 is 1.56 bits per heavy atom. The van der Waals surface area contributed by atoms with Crippen LogP contribution in [0.4, 0.5) is 0 Å². The molecule has 1 amide bonds. The Balaban J connectivity index is 2.22. The van der Waals surface area contributed by atoms with E-state index in [1.807, 2.05) is 60.7 Å². The molecule has 0 aliphatic heterocycles. The number of amides is 1. The zero-order valence-corrected chi connectivity index (χ0v) is 14.7. The third-order valence-electron chi connectivity index (χ3n) is 4.24. The molecular weight excluding hydrogens is 318 g/mol. The molecule has 0 fully saturated rings. The number of hydrogen-bond acceptors (Lipinski definition) is 4. The SMILES string of the molecule is COC(=O)C(Cc1ccccc1)NC(=O)[C@@](C)(OC)c1ccccc1. The number of carbonyl (C=O) groups is 2.